The topological polar surface area (TPSA) is 55.4 Å². The third-order valence-corrected chi connectivity index (χ3v) is 2.10. The molecule has 0 bridgehead atoms. The van der Waals surface area contributed by atoms with Gasteiger partial charge in [-0.3, -0.25) is 9.59 Å². The summed E-state index contributed by atoms with van der Waals surface area (Å²) >= 11 is 0. The first-order chi connectivity index (χ1) is 8.35. The third kappa shape index (κ3) is 11.2. The van der Waals surface area contributed by atoms with Crippen LogP contribution in [0.3, 0.4) is 0 Å². The number of hydrogen-bond donors (Lipinski definition) is 1. The molecular formula is C11H18F3NO3. The Hall–Kier alpha value is -1.27. The highest BCUT2D eigenvalue weighted by atomic mass is 19.4. The standard InChI is InChI=1S/C11H18F3NO3/c1-2-9(16)15-7-5-3-4-6-10(17)18-8-11(12,13)14/h2-8H2,1H3,(H,15,16). The van der Waals surface area contributed by atoms with E-state index in [4.69, 9.17) is 0 Å². The zero-order valence-corrected chi connectivity index (χ0v) is 10.3. The SMILES string of the molecule is CCC(=O)NCCCCCC(=O)OCC(F)(F)F. The van der Waals surface area contributed by atoms with Crippen LogP contribution in [0.5, 0.6) is 0 Å². The van der Waals surface area contributed by atoms with Crippen LogP contribution in [0.1, 0.15) is 39.0 Å². The molecule has 0 aliphatic carbocycles. The minimum atomic E-state index is -4.47. The van der Waals surface area contributed by atoms with Crippen molar-refractivity contribution >= 4 is 11.9 Å². The van der Waals surface area contributed by atoms with Crippen LogP contribution in [-0.4, -0.2) is 31.2 Å². The molecular weight excluding hydrogens is 251 g/mol. The lowest BCUT2D eigenvalue weighted by Gasteiger charge is -2.07. The molecule has 0 aliphatic heterocycles. The zero-order valence-electron chi connectivity index (χ0n) is 10.3. The van der Waals surface area contributed by atoms with Crippen LogP contribution in [-0.2, 0) is 14.3 Å². The molecule has 0 unspecified atom stereocenters. The maximum Gasteiger partial charge on any atom is 0.422 e. The number of nitrogens with one attached hydrogen (secondary N) is 1. The van der Waals surface area contributed by atoms with Gasteiger partial charge in [-0.2, -0.15) is 13.2 Å². The Balaban J connectivity index is 3.38. The van der Waals surface area contributed by atoms with Crippen LogP contribution >= 0.6 is 0 Å². The van der Waals surface area contributed by atoms with E-state index in [9.17, 15) is 22.8 Å². The summed E-state index contributed by atoms with van der Waals surface area (Å²) in [7, 11) is 0. The molecule has 0 saturated carbocycles. The van der Waals surface area contributed by atoms with E-state index >= 15 is 0 Å². The van der Waals surface area contributed by atoms with Gasteiger partial charge in [-0.1, -0.05) is 13.3 Å². The Morgan fingerprint density at radius 3 is 2.39 bits per heavy atom. The van der Waals surface area contributed by atoms with Crippen molar-refractivity contribution < 1.29 is 27.5 Å². The number of carbonyl (C=O) groups is 2. The number of ether oxygens (including phenoxy) is 1. The van der Waals surface area contributed by atoms with Gasteiger partial charge >= 0.3 is 12.1 Å². The molecule has 0 rings (SSSR count). The molecule has 0 atom stereocenters. The maximum atomic E-state index is 11.7. The van der Waals surface area contributed by atoms with Crippen molar-refractivity contribution in [2.45, 2.75) is 45.2 Å². The molecule has 0 aromatic heterocycles. The van der Waals surface area contributed by atoms with Crippen LogP contribution in [0, 0.1) is 0 Å². The summed E-state index contributed by atoms with van der Waals surface area (Å²) in [5, 5.41) is 2.66. The lowest BCUT2D eigenvalue weighted by molar-refractivity contribution is -0.186. The number of alkyl halides is 3. The number of hydrogen-bond acceptors (Lipinski definition) is 3. The second-order valence-electron chi connectivity index (χ2n) is 3.79. The predicted molar refractivity (Wildman–Crippen MR) is 58.8 cm³/mol. The molecule has 0 aliphatic rings. The molecule has 7 heteroatoms. The van der Waals surface area contributed by atoms with Crippen molar-refractivity contribution in [3.63, 3.8) is 0 Å². The summed E-state index contributed by atoms with van der Waals surface area (Å²) in [5.41, 5.74) is 0. The van der Waals surface area contributed by atoms with Crippen LogP contribution in [0.15, 0.2) is 0 Å². The molecule has 18 heavy (non-hydrogen) atoms. The molecule has 0 fully saturated rings. The second-order valence-corrected chi connectivity index (χ2v) is 3.79. The van der Waals surface area contributed by atoms with Gasteiger partial charge in [-0.25, -0.2) is 0 Å². The van der Waals surface area contributed by atoms with E-state index in [2.05, 4.69) is 10.1 Å². The molecule has 0 aromatic carbocycles. The normalized spacial score (nSPS) is 11.1. The summed E-state index contributed by atoms with van der Waals surface area (Å²) in [4.78, 5) is 21.7. The summed E-state index contributed by atoms with van der Waals surface area (Å²) in [6, 6.07) is 0. The van der Waals surface area contributed by atoms with Crippen LogP contribution < -0.4 is 5.32 Å². The van der Waals surface area contributed by atoms with Gasteiger partial charge in [-0.05, 0) is 12.8 Å². The first kappa shape index (κ1) is 16.7. The van der Waals surface area contributed by atoms with Gasteiger partial charge < -0.3 is 10.1 Å². The fourth-order valence-corrected chi connectivity index (χ4v) is 1.16. The van der Waals surface area contributed by atoms with E-state index in [-0.39, 0.29) is 12.3 Å². The number of unbranched alkanes of at least 4 members (excludes halogenated alkanes) is 2. The molecule has 1 N–H and O–H groups in total. The minimum Gasteiger partial charge on any atom is -0.456 e. The number of carbonyl (C=O) groups excluding carboxylic acids is 2. The molecule has 106 valence electrons. The number of esters is 1. The van der Waals surface area contributed by atoms with E-state index in [0.29, 0.717) is 32.2 Å². The highest BCUT2D eigenvalue weighted by Crippen LogP contribution is 2.15. The van der Waals surface area contributed by atoms with E-state index in [0.717, 1.165) is 0 Å². The fourth-order valence-electron chi connectivity index (χ4n) is 1.16. The van der Waals surface area contributed by atoms with Crippen LogP contribution in [0.2, 0.25) is 0 Å². The summed E-state index contributed by atoms with van der Waals surface area (Å²) in [6.07, 6.45) is -2.27. The van der Waals surface area contributed by atoms with Gasteiger partial charge in [0.05, 0.1) is 0 Å². The van der Waals surface area contributed by atoms with Gasteiger partial charge in [-0.15, -0.1) is 0 Å². The van der Waals surface area contributed by atoms with Crippen LogP contribution in [0.4, 0.5) is 13.2 Å². The fraction of sp³-hybridized carbons (Fsp3) is 0.818. The Labute approximate surface area is 104 Å². The number of rotatable bonds is 8. The lowest BCUT2D eigenvalue weighted by Crippen LogP contribution is -2.23. The monoisotopic (exact) mass is 269 g/mol. The van der Waals surface area contributed by atoms with Gasteiger partial charge in [0.1, 0.15) is 0 Å². The molecule has 4 nitrogen and oxygen atoms in total. The van der Waals surface area contributed by atoms with Gasteiger partial charge in [0, 0.05) is 19.4 Å². The van der Waals surface area contributed by atoms with Crippen molar-refractivity contribution in [1.82, 2.24) is 5.32 Å². The average molecular weight is 269 g/mol. The molecule has 0 spiro atoms. The Morgan fingerprint density at radius 1 is 1.17 bits per heavy atom. The highest BCUT2D eigenvalue weighted by molar-refractivity contribution is 5.75. The molecule has 0 radical (unpaired) electrons. The Morgan fingerprint density at radius 2 is 1.83 bits per heavy atom. The van der Waals surface area contributed by atoms with Crippen LogP contribution in [0.25, 0.3) is 0 Å². The second kappa shape index (κ2) is 8.77. The average Bonchev–Trinajstić information content (AvgIpc) is 2.29. The minimum absolute atomic E-state index is 0.0300. The first-order valence-electron chi connectivity index (χ1n) is 5.84. The van der Waals surface area contributed by atoms with Gasteiger partial charge in [0.2, 0.25) is 5.91 Å². The summed E-state index contributed by atoms with van der Waals surface area (Å²) < 4.78 is 39.1. The lowest BCUT2D eigenvalue weighted by atomic mass is 10.2. The maximum absolute atomic E-state index is 11.7. The number of amides is 1. The molecule has 0 saturated heterocycles. The predicted octanol–water partition coefficient (Wildman–Crippen LogP) is 2.18. The van der Waals surface area contributed by atoms with E-state index < -0.39 is 18.8 Å². The third-order valence-electron chi connectivity index (χ3n) is 2.10. The van der Waals surface area contributed by atoms with E-state index in [1.54, 1.807) is 6.92 Å². The van der Waals surface area contributed by atoms with Gasteiger partial charge in [0.25, 0.3) is 0 Å². The molecule has 0 aromatic rings. The Kier molecular flexibility index (Phi) is 8.15. The highest BCUT2D eigenvalue weighted by Gasteiger charge is 2.29. The quantitative estimate of drug-likeness (QED) is 0.543. The molecule has 0 heterocycles. The van der Waals surface area contributed by atoms with E-state index in [1.165, 1.54) is 0 Å². The smallest absolute Gasteiger partial charge is 0.422 e. The molecule has 1 amide bonds. The summed E-state index contributed by atoms with van der Waals surface area (Å²) in [5.74, 6) is -0.885. The van der Waals surface area contributed by atoms with E-state index in [1.807, 2.05) is 0 Å². The largest absolute Gasteiger partial charge is 0.456 e. The zero-order chi connectivity index (χ0) is 14.0. The van der Waals surface area contributed by atoms with Gasteiger partial charge in [0.15, 0.2) is 6.61 Å². The van der Waals surface area contributed by atoms with Crippen molar-refractivity contribution in [1.29, 1.82) is 0 Å². The van der Waals surface area contributed by atoms with Crippen molar-refractivity contribution in [3.05, 3.63) is 0 Å². The Bertz CT molecular complexity index is 267. The van der Waals surface area contributed by atoms with Crippen molar-refractivity contribution in [2.75, 3.05) is 13.2 Å². The number of halogens is 3. The van der Waals surface area contributed by atoms with Crippen molar-refractivity contribution in [3.8, 4) is 0 Å². The van der Waals surface area contributed by atoms with Crippen molar-refractivity contribution in [2.24, 2.45) is 0 Å². The summed E-state index contributed by atoms with van der Waals surface area (Å²) in [6.45, 7) is 0.731. The first-order valence-corrected chi connectivity index (χ1v) is 5.84.